The summed E-state index contributed by atoms with van der Waals surface area (Å²) in [5, 5.41) is 8.52. The van der Waals surface area contributed by atoms with E-state index in [1.54, 1.807) is 13.8 Å². The second-order valence-corrected chi connectivity index (χ2v) is 6.03. The number of carboxylic acid groups (broad SMARTS) is 1. The largest absolute Gasteiger partial charge is 0.481 e. The number of carbonyl (C=O) groups is 2. The third-order valence-electron chi connectivity index (χ3n) is 3.39. The highest BCUT2D eigenvalue weighted by atomic mass is 16.8. The molecule has 8 heteroatoms. The van der Waals surface area contributed by atoms with Crippen molar-refractivity contribution in [1.29, 1.82) is 0 Å². The summed E-state index contributed by atoms with van der Waals surface area (Å²) >= 11 is 0. The molecule has 2 fully saturated rings. The van der Waals surface area contributed by atoms with Crippen LogP contribution in [0.25, 0.3) is 0 Å². The van der Waals surface area contributed by atoms with Gasteiger partial charge in [0.1, 0.15) is 0 Å². The number of hydrogen-bond acceptors (Lipinski definition) is 7. The molecule has 0 aromatic carbocycles. The second kappa shape index (κ2) is 9.93. The lowest BCUT2D eigenvalue weighted by Crippen LogP contribution is -2.37. The molecule has 0 radical (unpaired) electrons. The molecule has 2 heterocycles. The fourth-order valence-electron chi connectivity index (χ4n) is 2.65. The zero-order valence-electron chi connectivity index (χ0n) is 14.9. The van der Waals surface area contributed by atoms with Gasteiger partial charge in [0.15, 0.2) is 12.6 Å². The van der Waals surface area contributed by atoms with Crippen molar-refractivity contribution in [3.05, 3.63) is 0 Å². The highest BCUT2D eigenvalue weighted by Gasteiger charge is 2.27. The number of hydrogen-bond donors (Lipinski definition) is 1. The molecule has 0 aliphatic carbocycles. The van der Waals surface area contributed by atoms with Crippen LogP contribution in [0.5, 0.6) is 0 Å². The van der Waals surface area contributed by atoms with E-state index in [-0.39, 0.29) is 43.3 Å². The lowest BCUT2D eigenvalue weighted by Gasteiger charge is -2.31. The molecule has 1 N–H and O–H groups in total. The predicted molar refractivity (Wildman–Crippen MR) is 83.0 cm³/mol. The van der Waals surface area contributed by atoms with E-state index in [4.69, 9.17) is 28.8 Å². The molecule has 140 valence electrons. The smallest absolute Gasteiger partial charge is 0.305 e. The van der Waals surface area contributed by atoms with E-state index < -0.39 is 12.3 Å². The maximum Gasteiger partial charge on any atom is 0.305 e. The van der Waals surface area contributed by atoms with Crippen molar-refractivity contribution in [2.75, 3.05) is 0 Å². The SMILES string of the molecule is CC(=O)OC1CC(C)OC(C)O1.CC1CC(CC(=O)O)OC(C)O1. The van der Waals surface area contributed by atoms with Gasteiger partial charge < -0.3 is 28.8 Å². The molecule has 0 bridgehead atoms. The van der Waals surface area contributed by atoms with E-state index >= 15 is 0 Å². The summed E-state index contributed by atoms with van der Waals surface area (Å²) in [6.45, 7) is 8.79. The van der Waals surface area contributed by atoms with Crippen molar-refractivity contribution in [3.63, 3.8) is 0 Å². The summed E-state index contributed by atoms with van der Waals surface area (Å²) in [6, 6.07) is 0. The minimum atomic E-state index is -0.818. The maximum atomic E-state index is 10.6. The van der Waals surface area contributed by atoms with Crippen LogP contribution in [-0.4, -0.2) is 54.2 Å². The van der Waals surface area contributed by atoms with E-state index in [0.29, 0.717) is 12.8 Å². The Morgan fingerprint density at radius 1 is 0.958 bits per heavy atom. The Balaban J connectivity index is 0.000000240. The number of carbonyl (C=O) groups excluding carboxylic acids is 1. The number of rotatable bonds is 3. The van der Waals surface area contributed by atoms with Crippen LogP contribution in [0.4, 0.5) is 0 Å². The van der Waals surface area contributed by atoms with Gasteiger partial charge in [0.05, 0.1) is 24.7 Å². The van der Waals surface area contributed by atoms with Crippen LogP contribution in [0.3, 0.4) is 0 Å². The number of ether oxygens (including phenoxy) is 5. The lowest BCUT2D eigenvalue weighted by molar-refractivity contribution is -0.288. The van der Waals surface area contributed by atoms with Crippen LogP contribution in [0.15, 0.2) is 0 Å². The molecule has 2 rings (SSSR count). The summed E-state index contributed by atoms with van der Waals surface area (Å²) in [7, 11) is 0. The van der Waals surface area contributed by atoms with Crippen molar-refractivity contribution in [1.82, 2.24) is 0 Å². The molecule has 6 unspecified atom stereocenters. The first kappa shape index (κ1) is 20.8. The third-order valence-corrected chi connectivity index (χ3v) is 3.39. The summed E-state index contributed by atoms with van der Waals surface area (Å²) in [5.74, 6) is -1.14. The summed E-state index contributed by atoms with van der Waals surface area (Å²) < 4.78 is 25.9. The Hall–Kier alpha value is -1.22. The first-order chi connectivity index (χ1) is 11.2. The summed E-state index contributed by atoms with van der Waals surface area (Å²) in [4.78, 5) is 20.9. The maximum absolute atomic E-state index is 10.6. The van der Waals surface area contributed by atoms with E-state index in [1.165, 1.54) is 6.92 Å². The number of aliphatic carboxylic acids is 1. The van der Waals surface area contributed by atoms with E-state index in [9.17, 15) is 9.59 Å². The molecule has 2 aliphatic rings. The average Bonchev–Trinajstić information content (AvgIpc) is 2.34. The van der Waals surface area contributed by atoms with E-state index in [2.05, 4.69) is 0 Å². The van der Waals surface area contributed by atoms with Gasteiger partial charge in [-0.15, -0.1) is 0 Å². The second-order valence-electron chi connectivity index (χ2n) is 6.03. The molecule has 2 saturated heterocycles. The first-order valence-corrected chi connectivity index (χ1v) is 8.16. The van der Waals surface area contributed by atoms with Crippen LogP contribution in [0.2, 0.25) is 0 Å². The van der Waals surface area contributed by atoms with Gasteiger partial charge in [0.2, 0.25) is 6.29 Å². The Morgan fingerprint density at radius 2 is 1.50 bits per heavy atom. The average molecular weight is 348 g/mol. The van der Waals surface area contributed by atoms with Gasteiger partial charge in [-0.3, -0.25) is 9.59 Å². The fraction of sp³-hybridized carbons (Fsp3) is 0.875. The minimum Gasteiger partial charge on any atom is -0.481 e. The third kappa shape index (κ3) is 8.58. The van der Waals surface area contributed by atoms with Gasteiger partial charge in [-0.25, -0.2) is 0 Å². The Morgan fingerprint density at radius 3 is 1.96 bits per heavy atom. The van der Waals surface area contributed by atoms with Gasteiger partial charge in [-0.2, -0.15) is 0 Å². The molecule has 0 amide bonds. The Labute approximate surface area is 142 Å². The molecule has 24 heavy (non-hydrogen) atoms. The predicted octanol–water partition coefficient (Wildman–Crippen LogP) is 2.05. The van der Waals surface area contributed by atoms with Crippen molar-refractivity contribution in [2.45, 2.75) is 91.1 Å². The molecule has 0 aromatic heterocycles. The standard InChI is InChI=1S/2C8H14O4/c1-5-4-8(11-6(2)9)12-7(3)10-5;1-5-3-7(4-8(9)10)12-6(2)11-5/h5,7-8H,4H2,1-3H3;5-7H,3-4H2,1-2H3,(H,9,10). The molecule has 8 nitrogen and oxygen atoms in total. The minimum absolute atomic E-state index is 0.0675. The van der Waals surface area contributed by atoms with Crippen molar-refractivity contribution in [3.8, 4) is 0 Å². The van der Waals surface area contributed by atoms with Crippen molar-refractivity contribution < 1.29 is 38.4 Å². The number of esters is 1. The Bertz CT molecular complexity index is 355. The summed E-state index contributed by atoms with van der Waals surface area (Å²) in [5.41, 5.74) is 0. The molecular formula is C16H28O8. The van der Waals surface area contributed by atoms with Gasteiger partial charge in [-0.05, 0) is 27.7 Å². The monoisotopic (exact) mass is 348 g/mol. The van der Waals surface area contributed by atoms with Crippen molar-refractivity contribution in [2.24, 2.45) is 0 Å². The molecule has 6 atom stereocenters. The molecular weight excluding hydrogens is 320 g/mol. The zero-order valence-corrected chi connectivity index (χ0v) is 14.9. The topological polar surface area (TPSA) is 101 Å². The molecule has 0 saturated carbocycles. The van der Waals surface area contributed by atoms with Gasteiger partial charge >= 0.3 is 11.9 Å². The van der Waals surface area contributed by atoms with Gasteiger partial charge in [0.25, 0.3) is 0 Å². The first-order valence-electron chi connectivity index (χ1n) is 8.16. The molecule has 0 spiro atoms. The van der Waals surface area contributed by atoms with Crippen LogP contribution in [-0.2, 0) is 33.3 Å². The van der Waals surface area contributed by atoms with E-state index in [0.717, 1.165) is 0 Å². The van der Waals surface area contributed by atoms with Crippen LogP contribution < -0.4 is 0 Å². The fourth-order valence-corrected chi connectivity index (χ4v) is 2.65. The van der Waals surface area contributed by atoms with Gasteiger partial charge in [-0.1, -0.05) is 0 Å². The van der Waals surface area contributed by atoms with Crippen LogP contribution >= 0.6 is 0 Å². The molecule has 0 aromatic rings. The zero-order chi connectivity index (χ0) is 18.3. The highest BCUT2D eigenvalue weighted by molar-refractivity contribution is 5.67. The van der Waals surface area contributed by atoms with Crippen molar-refractivity contribution >= 4 is 11.9 Å². The quantitative estimate of drug-likeness (QED) is 0.774. The van der Waals surface area contributed by atoms with Gasteiger partial charge in [0, 0.05) is 19.8 Å². The van der Waals surface area contributed by atoms with Crippen LogP contribution in [0, 0.1) is 0 Å². The normalized spacial score (nSPS) is 36.2. The summed E-state index contributed by atoms with van der Waals surface area (Å²) in [6.07, 6.45) is 0.299. The van der Waals surface area contributed by atoms with E-state index in [1.807, 2.05) is 13.8 Å². The number of carboxylic acids is 1. The molecule has 2 aliphatic heterocycles. The highest BCUT2D eigenvalue weighted by Crippen LogP contribution is 2.20. The van der Waals surface area contributed by atoms with Crippen LogP contribution in [0.1, 0.15) is 53.9 Å². The lowest BCUT2D eigenvalue weighted by atomic mass is 10.1. The Kier molecular flexibility index (Phi) is 8.61.